The normalized spacial score (nSPS) is 11.3. The van der Waals surface area contributed by atoms with Gasteiger partial charge in [-0.25, -0.2) is 9.37 Å². The van der Waals surface area contributed by atoms with Crippen LogP contribution in [0.2, 0.25) is 0 Å². The number of aromatic nitrogens is 1. The van der Waals surface area contributed by atoms with Crippen molar-refractivity contribution in [2.24, 2.45) is 0 Å². The highest BCUT2D eigenvalue weighted by Crippen LogP contribution is 2.38. The molecule has 1 heterocycles. The SMILES string of the molecule is CCCNc1c(C(C)C)c(C)nc2c(F)ccc(Br)c12. The van der Waals surface area contributed by atoms with E-state index in [1.807, 2.05) is 6.92 Å². The van der Waals surface area contributed by atoms with E-state index in [0.29, 0.717) is 11.4 Å². The summed E-state index contributed by atoms with van der Waals surface area (Å²) >= 11 is 3.53. The van der Waals surface area contributed by atoms with Gasteiger partial charge in [0.15, 0.2) is 0 Å². The maximum atomic E-state index is 14.1. The van der Waals surface area contributed by atoms with E-state index >= 15 is 0 Å². The third-order valence-electron chi connectivity index (χ3n) is 3.40. The van der Waals surface area contributed by atoms with Crippen molar-refractivity contribution in [3.05, 3.63) is 33.7 Å². The van der Waals surface area contributed by atoms with Crippen LogP contribution in [-0.2, 0) is 0 Å². The third-order valence-corrected chi connectivity index (χ3v) is 4.06. The monoisotopic (exact) mass is 338 g/mol. The van der Waals surface area contributed by atoms with Crippen LogP contribution in [0.5, 0.6) is 0 Å². The second kappa shape index (κ2) is 6.08. The minimum atomic E-state index is -0.277. The second-order valence-corrected chi connectivity index (χ2v) is 6.17. The van der Waals surface area contributed by atoms with Crippen LogP contribution in [0.15, 0.2) is 16.6 Å². The van der Waals surface area contributed by atoms with Gasteiger partial charge >= 0.3 is 0 Å². The quantitative estimate of drug-likeness (QED) is 0.808. The molecule has 4 heteroatoms. The number of hydrogen-bond donors (Lipinski definition) is 1. The molecule has 2 rings (SSSR count). The van der Waals surface area contributed by atoms with Crippen molar-refractivity contribution in [2.75, 3.05) is 11.9 Å². The lowest BCUT2D eigenvalue weighted by molar-refractivity contribution is 0.636. The first-order chi connectivity index (χ1) is 9.47. The summed E-state index contributed by atoms with van der Waals surface area (Å²) in [6, 6.07) is 3.20. The summed E-state index contributed by atoms with van der Waals surface area (Å²) in [5.74, 6) is 0.0579. The Kier molecular flexibility index (Phi) is 4.63. The summed E-state index contributed by atoms with van der Waals surface area (Å²) in [6.07, 6.45) is 1.02. The number of nitrogens with zero attached hydrogens (tertiary/aromatic N) is 1. The Bertz CT molecular complexity index is 638. The Labute approximate surface area is 127 Å². The van der Waals surface area contributed by atoms with Gasteiger partial charge in [0.05, 0.1) is 5.69 Å². The maximum absolute atomic E-state index is 14.1. The van der Waals surface area contributed by atoms with Crippen molar-refractivity contribution in [1.29, 1.82) is 0 Å². The van der Waals surface area contributed by atoms with Crippen molar-refractivity contribution in [1.82, 2.24) is 4.98 Å². The number of benzene rings is 1. The van der Waals surface area contributed by atoms with Crippen LogP contribution in [-0.4, -0.2) is 11.5 Å². The number of aryl methyl sites for hydroxylation is 1. The predicted molar refractivity (Wildman–Crippen MR) is 87.0 cm³/mol. The number of anilines is 1. The molecule has 2 aromatic rings. The molecule has 0 amide bonds. The molecule has 0 unspecified atom stereocenters. The minimum Gasteiger partial charge on any atom is -0.384 e. The van der Waals surface area contributed by atoms with Gasteiger partial charge in [0.2, 0.25) is 0 Å². The fraction of sp³-hybridized carbons (Fsp3) is 0.438. The lowest BCUT2D eigenvalue weighted by atomic mass is 9.96. The van der Waals surface area contributed by atoms with Crippen LogP contribution in [0.25, 0.3) is 10.9 Å². The van der Waals surface area contributed by atoms with Crippen molar-refractivity contribution in [3.63, 3.8) is 0 Å². The molecule has 20 heavy (non-hydrogen) atoms. The first kappa shape index (κ1) is 15.2. The van der Waals surface area contributed by atoms with Gasteiger partial charge in [-0.1, -0.05) is 36.7 Å². The molecule has 0 radical (unpaired) electrons. The zero-order chi connectivity index (χ0) is 14.9. The summed E-state index contributed by atoms with van der Waals surface area (Å²) in [5, 5.41) is 4.30. The summed E-state index contributed by atoms with van der Waals surface area (Å²) < 4.78 is 14.9. The number of pyridine rings is 1. The van der Waals surface area contributed by atoms with E-state index < -0.39 is 0 Å². The molecule has 0 spiro atoms. The molecule has 0 aliphatic carbocycles. The topological polar surface area (TPSA) is 24.9 Å². The van der Waals surface area contributed by atoms with Crippen molar-refractivity contribution < 1.29 is 4.39 Å². The van der Waals surface area contributed by atoms with Gasteiger partial charge < -0.3 is 5.32 Å². The molecular weight excluding hydrogens is 319 g/mol. The number of nitrogens with one attached hydrogen (secondary N) is 1. The molecule has 2 nitrogen and oxygen atoms in total. The summed E-state index contributed by atoms with van der Waals surface area (Å²) in [7, 11) is 0. The Morgan fingerprint density at radius 2 is 2.05 bits per heavy atom. The Balaban J connectivity index is 2.84. The van der Waals surface area contributed by atoms with Gasteiger partial charge in [-0.3, -0.25) is 0 Å². The summed E-state index contributed by atoms with van der Waals surface area (Å²) in [5.41, 5.74) is 3.50. The molecule has 0 fully saturated rings. The average molecular weight is 339 g/mol. The number of hydrogen-bond acceptors (Lipinski definition) is 2. The number of rotatable bonds is 4. The van der Waals surface area contributed by atoms with E-state index in [9.17, 15) is 4.39 Å². The first-order valence-electron chi connectivity index (χ1n) is 6.99. The van der Waals surface area contributed by atoms with Gasteiger partial charge in [-0.15, -0.1) is 0 Å². The number of fused-ring (bicyclic) bond motifs is 1. The van der Waals surface area contributed by atoms with E-state index in [4.69, 9.17) is 0 Å². The van der Waals surface area contributed by atoms with Crippen LogP contribution >= 0.6 is 15.9 Å². The van der Waals surface area contributed by atoms with Gasteiger partial charge in [-0.05, 0) is 37.0 Å². The minimum absolute atomic E-state index is 0.277. The molecule has 1 aromatic carbocycles. The van der Waals surface area contributed by atoms with Crippen LogP contribution in [0.3, 0.4) is 0 Å². The largest absolute Gasteiger partial charge is 0.384 e. The van der Waals surface area contributed by atoms with E-state index in [1.165, 1.54) is 6.07 Å². The highest BCUT2D eigenvalue weighted by atomic mass is 79.9. The zero-order valence-electron chi connectivity index (χ0n) is 12.3. The standard InChI is InChI=1S/C16H20BrFN2/c1-5-8-19-16-13(9(2)3)10(4)20-15-12(18)7-6-11(17)14(15)16/h6-7,9H,5,8H2,1-4H3,(H,19,20). The molecule has 1 aromatic heterocycles. The molecule has 0 bridgehead atoms. The molecule has 1 N–H and O–H groups in total. The van der Waals surface area contributed by atoms with E-state index in [1.54, 1.807) is 6.07 Å². The van der Waals surface area contributed by atoms with Gasteiger partial charge in [0.25, 0.3) is 0 Å². The number of halogens is 2. The fourth-order valence-electron chi connectivity index (χ4n) is 2.57. The molecule has 0 saturated carbocycles. The van der Waals surface area contributed by atoms with Crippen molar-refractivity contribution in [3.8, 4) is 0 Å². The summed E-state index contributed by atoms with van der Waals surface area (Å²) in [6.45, 7) is 9.21. The zero-order valence-corrected chi connectivity index (χ0v) is 13.9. The van der Waals surface area contributed by atoms with Gasteiger partial charge in [0.1, 0.15) is 11.3 Å². The van der Waals surface area contributed by atoms with Crippen molar-refractivity contribution in [2.45, 2.75) is 40.0 Å². The smallest absolute Gasteiger partial charge is 0.149 e. The Morgan fingerprint density at radius 3 is 2.65 bits per heavy atom. The Hall–Kier alpha value is -1.16. The third kappa shape index (κ3) is 2.66. The van der Waals surface area contributed by atoms with Crippen LogP contribution < -0.4 is 5.32 Å². The van der Waals surface area contributed by atoms with Crippen LogP contribution in [0, 0.1) is 12.7 Å². The maximum Gasteiger partial charge on any atom is 0.149 e. The first-order valence-corrected chi connectivity index (χ1v) is 7.78. The fourth-order valence-corrected chi connectivity index (χ4v) is 3.09. The van der Waals surface area contributed by atoms with Crippen LogP contribution in [0.4, 0.5) is 10.1 Å². The van der Waals surface area contributed by atoms with Crippen LogP contribution in [0.1, 0.15) is 44.4 Å². The lowest BCUT2D eigenvalue weighted by Crippen LogP contribution is -2.09. The van der Waals surface area contributed by atoms with Crippen molar-refractivity contribution >= 4 is 32.5 Å². The molecule has 0 saturated heterocycles. The lowest BCUT2D eigenvalue weighted by Gasteiger charge is -2.20. The highest BCUT2D eigenvalue weighted by molar-refractivity contribution is 9.10. The predicted octanol–water partition coefficient (Wildman–Crippen LogP) is 5.39. The van der Waals surface area contributed by atoms with E-state index in [0.717, 1.165) is 39.8 Å². The second-order valence-electron chi connectivity index (χ2n) is 5.32. The molecule has 0 aliphatic heterocycles. The molecule has 0 atom stereocenters. The molecule has 108 valence electrons. The molecular formula is C16H20BrFN2. The van der Waals surface area contributed by atoms with E-state index in [-0.39, 0.29) is 5.82 Å². The van der Waals surface area contributed by atoms with Gasteiger partial charge in [0, 0.05) is 22.1 Å². The van der Waals surface area contributed by atoms with Gasteiger partial charge in [-0.2, -0.15) is 0 Å². The average Bonchev–Trinajstić information content (AvgIpc) is 2.39. The molecule has 0 aliphatic rings. The summed E-state index contributed by atoms with van der Waals surface area (Å²) in [4.78, 5) is 4.48. The Morgan fingerprint density at radius 1 is 1.35 bits per heavy atom. The highest BCUT2D eigenvalue weighted by Gasteiger charge is 2.18. The van der Waals surface area contributed by atoms with E-state index in [2.05, 4.69) is 47.0 Å².